The fourth-order valence-corrected chi connectivity index (χ4v) is 2.94. The van der Waals surface area contributed by atoms with E-state index >= 15 is 0 Å². The molecular formula is C19H28N4O2. The van der Waals surface area contributed by atoms with Gasteiger partial charge < -0.3 is 15.1 Å². The van der Waals surface area contributed by atoms with E-state index < -0.39 is 0 Å². The topological polar surface area (TPSA) is 55.9 Å². The zero-order chi connectivity index (χ0) is 18.4. The first kappa shape index (κ1) is 19.1. The zero-order valence-electron chi connectivity index (χ0n) is 15.5. The number of hydrogen-bond donors (Lipinski definition) is 1. The lowest BCUT2D eigenvalue weighted by Crippen LogP contribution is -2.48. The fourth-order valence-electron chi connectivity index (χ4n) is 2.94. The molecule has 1 aromatic carbocycles. The second kappa shape index (κ2) is 8.78. The van der Waals surface area contributed by atoms with Gasteiger partial charge in [-0.25, -0.2) is 0 Å². The van der Waals surface area contributed by atoms with Crippen molar-refractivity contribution >= 4 is 11.8 Å². The lowest BCUT2D eigenvalue weighted by atomic mass is 10.00. The van der Waals surface area contributed by atoms with E-state index in [0.717, 1.165) is 18.7 Å². The Kier molecular flexibility index (Phi) is 6.73. The third-order valence-electron chi connectivity index (χ3n) is 4.45. The van der Waals surface area contributed by atoms with Crippen LogP contribution >= 0.6 is 0 Å². The number of nitrogens with one attached hydrogen (secondary N) is 1. The van der Waals surface area contributed by atoms with E-state index in [0.29, 0.717) is 18.7 Å². The highest BCUT2D eigenvalue weighted by molar-refractivity contribution is 5.94. The number of nitrogens with zero attached hydrogens (tertiary/aromatic N) is 3. The van der Waals surface area contributed by atoms with Crippen LogP contribution in [-0.2, 0) is 4.79 Å². The Labute approximate surface area is 150 Å². The highest BCUT2D eigenvalue weighted by Crippen LogP contribution is 2.25. The van der Waals surface area contributed by atoms with Crippen molar-refractivity contribution < 1.29 is 9.59 Å². The summed E-state index contributed by atoms with van der Waals surface area (Å²) in [5.74, 6) is -0.0535. The molecule has 6 nitrogen and oxygen atoms in total. The maximum atomic E-state index is 12.4. The molecule has 0 saturated carbocycles. The van der Waals surface area contributed by atoms with Gasteiger partial charge in [-0.2, -0.15) is 0 Å². The van der Waals surface area contributed by atoms with E-state index in [4.69, 9.17) is 0 Å². The molecule has 6 heteroatoms. The summed E-state index contributed by atoms with van der Waals surface area (Å²) >= 11 is 0. The van der Waals surface area contributed by atoms with Crippen LogP contribution in [0.25, 0.3) is 0 Å². The average molecular weight is 344 g/mol. The Morgan fingerprint density at radius 2 is 2.08 bits per heavy atom. The van der Waals surface area contributed by atoms with Gasteiger partial charge in [-0.3, -0.25) is 14.5 Å². The molecule has 1 saturated heterocycles. The predicted octanol–water partition coefficient (Wildman–Crippen LogP) is 0.979. The third kappa shape index (κ3) is 5.14. The summed E-state index contributed by atoms with van der Waals surface area (Å²) in [5.41, 5.74) is 1.70. The van der Waals surface area contributed by atoms with Crippen molar-refractivity contribution in [2.75, 3.05) is 54.4 Å². The summed E-state index contributed by atoms with van der Waals surface area (Å²) in [6.07, 6.45) is 3.55. The molecule has 0 aliphatic carbocycles. The van der Waals surface area contributed by atoms with Gasteiger partial charge in [-0.1, -0.05) is 18.2 Å². The highest BCUT2D eigenvalue weighted by Gasteiger charge is 2.27. The van der Waals surface area contributed by atoms with Crippen molar-refractivity contribution in [2.24, 2.45) is 0 Å². The normalized spacial score (nSPS) is 18.8. The van der Waals surface area contributed by atoms with E-state index in [1.54, 1.807) is 19.2 Å². The van der Waals surface area contributed by atoms with Crippen molar-refractivity contribution in [3.05, 3.63) is 47.5 Å². The van der Waals surface area contributed by atoms with Crippen LogP contribution in [0.4, 0.5) is 0 Å². The molecule has 1 aliphatic heterocycles. The Hall–Kier alpha value is -2.18. The summed E-state index contributed by atoms with van der Waals surface area (Å²) in [6.45, 7) is 2.89. The van der Waals surface area contributed by atoms with Gasteiger partial charge in [0.2, 0.25) is 5.91 Å². The zero-order valence-corrected chi connectivity index (χ0v) is 15.5. The second-order valence-corrected chi connectivity index (χ2v) is 6.65. The summed E-state index contributed by atoms with van der Waals surface area (Å²) in [4.78, 5) is 30.4. The van der Waals surface area contributed by atoms with Crippen molar-refractivity contribution in [3.63, 3.8) is 0 Å². The Morgan fingerprint density at radius 1 is 1.32 bits per heavy atom. The van der Waals surface area contributed by atoms with E-state index in [1.807, 2.05) is 48.2 Å². The van der Waals surface area contributed by atoms with Crippen LogP contribution in [0.3, 0.4) is 0 Å². The van der Waals surface area contributed by atoms with E-state index in [-0.39, 0.29) is 17.9 Å². The Balaban J connectivity index is 2.11. The maximum Gasteiger partial charge on any atom is 0.251 e. The standard InChI is InChI=1S/C19H28N4O2/c1-20-19(25)16-8-5-7-15(13-16)17-14-23(12-11-22(17)4)18(24)9-6-10-21(2)3/h5-9,13,17H,10-12,14H2,1-4H3,(H,20,25)/b9-6+. The van der Waals surface area contributed by atoms with Crippen LogP contribution in [0.15, 0.2) is 36.4 Å². The minimum absolute atomic E-state index is 0.0439. The van der Waals surface area contributed by atoms with Crippen LogP contribution in [0.5, 0.6) is 0 Å². The number of likely N-dealkylation sites (N-methyl/N-ethyl adjacent to an activating group) is 2. The second-order valence-electron chi connectivity index (χ2n) is 6.65. The molecule has 0 radical (unpaired) electrons. The number of carbonyl (C=O) groups is 2. The van der Waals surface area contributed by atoms with Gasteiger partial charge >= 0.3 is 0 Å². The monoisotopic (exact) mass is 344 g/mol. The number of rotatable bonds is 5. The molecule has 1 fully saturated rings. The lowest BCUT2D eigenvalue weighted by molar-refractivity contribution is -0.128. The average Bonchev–Trinajstić information content (AvgIpc) is 2.61. The van der Waals surface area contributed by atoms with Crippen molar-refractivity contribution in [1.82, 2.24) is 20.0 Å². The quantitative estimate of drug-likeness (QED) is 0.809. The summed E-state index contributed by atoms with van der Waals surface area (Å²) in [7, 11) is 7.63. The number of hydrogen-bond acceptors (Lipinski definition) is 4. The van der Waals surface area contributed by atoms with Gasteiger partial charge in [0.1, 0.15) is 0 Å². The van der Waals surface area contributed by atoms with Crippen LogP contribution in [0, 0.1) is 0 Å². The van der Waals surface area contributed by atoms with Gasteiger partial charge in [0.05, 0.1) is 6.04 Å². The summed E-state index contributed by atoms with van der Waals surface area (Å²) in [6, 6.07) is 7.72. The summed E-state index contributed by atoms with van der Waals surface area (Å²) < 4.78 is 0. The molecule has 1 N–H and O–H groups in total. The molecule has 1 atom stereocenters. The molecule has 2 rings (SSSR count). The lowest BCUT2D eigenvalue weighted by Gasteiger charge is -2.39. The molecular weight excluding hydrogens is 316 g/mol. The van der Waals surface area contributed by atoms with E-state index in [2.05, 4.69) is 17.3 Å². The minimum Gasteiger partial charge on any atom is -0.355 e. The predicted molar refractivity (Wildman–Crippen MR) is 99.5 cm³/mol. The molecule has 0 spiro atoms. The van der Waals surface area contributed by atoms with E-state index in [1.165, 1.54) is 0 Å². The van der Waals surface area contributed by atoms with Gasteiger partial charge in [0.25, 0.3) is 5.91 Å². The number of amides is 2. The Bertz CT molecular complexity index is 642. The van der Waals surface area contributed by atoms with Gasteiger partial charge in [-0.15, -0.1) is 0 Å². The van der Waals surface area contributed by atoms with Crippen molar-refractivity contribution in [2.45, 2.75) is 6.04 Å². The smallest absolute Gasteiger partial charge is 0.251 e. The van der Waals surface area contributed by atoms with Gasteiger partial charge in [0.15, 0.2) is 0 Å². The van der Waals surface area contributed by atoms with Crippen LogP contribution < -0.4 is 5.32 Å². The molecule has 0 bridgehead atoms. The first-order valence-electron chi connectivity index (χ1n) is 8.55. The molecule has 1 aromatic rings. The third-order valence-corrected chi connectivity index (χ3v) is 4.45. The van der Waals surface area contributed by atoms with Gasteiger partial charge in [0, 0.05) is 44.9 Å². The Morgan fingerprint density at radius 3 is 2.76 bits per heavy atom. The molecule has 0 aromatic heterocycles. The number of carbonyl (C=O) groups excluding carboxylic acids is 2. The fraction of sp³-hybridized carbons (Fsp3) is 0.474. The molecule has 136 valence electrons. The summed E-state index contributed by atoms with van der Waals surface area (Å²) in [5, 5.41) is 2.65. The van der Waals surface area contributed by atoms with Gasteiger partial charge in [-0.05, 0) is 38.8 Å². The van der Waals surface area contributed by atoms with Crippen LogP contribution in [0.2, 0.25) is 0 Å². The van der Waals surface area contributed by atoms with Crippen molar-refractivity contribution in [1.29, 1.82) is 0 Å². The van der Waals surface area contributed by atoms with Crippen LogP contribution in [0.1, 0.15) is 22.0 Å². The van der Waals surface area contributed by atoms with Crippen molar-refractivity contribution in [3.8, 4) is 0 Å². The van der Waals surface area contributed by atoms with E-state index in [9.17, 15) is 9.59 Å². The molecule has 1 unspecified atom stereocenters. The number of benzene rings is 1. The van der Waals surface area contributed by atoms with Crippen LogP contribution in [-0.4, -0.2) is 80.9 Å². The molecule has 2 amide bonds. The minimum atomic E-state index is -0.0973. The largest absolute Gasteiger partial charge is 0.355 e. The molecule has 25 heavy (non-hydrogen) atoms. The number of piperazine rings is 1. The first-order valence-corrected chi connectivity index (χ1v) is 8.55. The SMILES string of the molecule is CNC(=O)c1cccc(C2CN(C(=O)/C=C/CN(C)C)CCN2C)c1. The molecule has 1 aliphatic rings. The first-order chi connectivity index (χ1) is 11.9. The maximum absolute atomic E-state index is 12.4. The molecule has 1 heterocycles. The highest BCUT2D eigenvalue weighted by atomic mass is 16.2.